The van der Waals surface area contributed by atoms with Gasteiger partial charge in [0.05, 0.1) is 36.6 Å². The summed E-state index contributed by atoms with van der Waals surface area (Å²) in [7, 11) is 0. The molecule has 4 heterocycles. The van der Waals surface area contributed by atoms with Gasteiger partial charge in [0.2, 0.25) is 5.88 Å². The van der Waals surface area contributed by atoms with Gasteiger partial charge >= 0.3 is 0 Å². The second-order valence-corrected chi connectivity index (χ2v) is 8.05. The van der Waals surface area contributed by atoms with Crippen molar-refractivity contribution in [3.63, 3.8) is 0 Å². The highest BCUT2D eigenvalue weighted by Gasteiger charge is 2.23. The first-order valence-corrected chi connectivity index (χ1v) is 10.5. The Bertz CT molecular complexity index is 1010. The van der Waals surface area contributed by atoms with Gasteiger partial charge in [0.25, 0.3) is 0 Å². The fourth-order valence-corrected chi connectivity index (χ4v) is 4.17. The Morgan fingerprint density at radius 2 is 1.80 bits per heavy atom. The highest BCUT2D eigenvalue weighted by Crippen LogP contribution is 2.30. The molecular weight excluding hydrogens is 380 g/mol. The maximum atomic E-state index is 6.13. The van der Waals surface area contributed by atoms with Crippen molar-refractivity contribution >= 4 is 16.7 Å². The summed E-state index contributed by atoms with van der Waals surface area (Å²) in [6.07, 6.45) is 4.69. The van der Waals surface area contributed by atoms with E-state index in [-0.39, 0.29) is 18.3 Å². The third kappa shape index (κ3) is 3.95. The van der Waals surface area contributed by atoms with Crippen molar-refractivity contribution < 1.29 is 14.2 Å². The maximum Gasteiger partial charge on any atom is 0.243 e. The number of hydrogen-bond acceptors (Lipinski definition) is 7. The van der Waals surface area contributed by atoms with Gasteiger partial charge in [-0.25, -0.2) is 9.97 Å². The molecule has 7 heteroatoms. The van der Waals surface area contributed by atoms with Crippen molar-refractivity contribution in [2.45, 2.75) is 38.6 Å². The van der Waals surface area contributed by atoms with Crippen LogP contribution in [0.1, 0.15) is 20.3 Å². The fourth-order valence-electron chi connectivity index (χ4n) is 4.17. The van der Waals surface area contributed by atoms with E-state index in [2.05, 4.69) is 53.0 Å². The Hall–Kier alpha value is -2.77. The molecule has 0 bridgehead atoms. The molecule has 2 saturated heterocycles. The molecular formula is C23H26N4O3. The number of rotatable bonds is 4. The smallest absolute Gasteiger partial charge is 0.243 e. The molecule has 0 radical (unpaired) electrons. The van der Waals surface area contributed by atoms with E-state index in [1.807, 2.05) is 6.07 Å². The first kappa shape index (κ1) is 19.2. The number of hydrogen-bond donors (Lipinski definition) is 0. The summed E-state index contributed by atoms with van der Waals surface area (Å²) in [4.78, 5) is 16.1. The van der Waals surface area contributed by atoms with Gasteiger partial charge in [-0.1, -0.05) is 12.1 Å². The monoisotopic (exact) mass is 406 g/mol. The van der Waals surface area contributed by atoms with Crippen LogP contribution >= 0.6 is 0 Å². The predicted octanol–water partition coefficient (Wildman–Crippen LogP) is 3.47. The second-order valence-electron chi connectivity index (χ2n) is 8.05. The lowest BCUT2D eigenvalue weighted by molar-refractivity contribution is -0.00521. The molecule has 3 atom stereocenters. The number of anilines is 1. The summed E-state index contributed by atoms with van der Waals surface area (Å²) in [5.74, 6) is 0.519. The molecule has 0 aliphatic carbocycles. The van der Waals surface area contributed by atoms with Gasteiger partial charge in [0, 0.05) is 43.2 Å². The highest BCUT2D eigenvalue weighted by atomic mass is 16.5. The lowest BCUT2D eigenvalue weighted by Gasteiger charge is -2.36. The van der Waals surface area contributed by atoms with Crippen LogP contribution in [0.25, 0.3) is 22.3 Å². The second kappa shape index (κ2) is 8.16. The van der Waals surface area contributed by atoms with Crippen molar-refractivity contribution in [1.29, 1.82) is 0 Å². The Labute approximate surface area is 176 Å². The molecule has 0 spiro atoms. The van der Waals surface area contributed by atoms with Crippen LogP contribution in [0.5, 0.6) is 5.88 Å². The number of fused-ring (bicyclic) bond motifs is 1. The van der Waals surface area contributed by atoms with Crippen LogP contribution in [0.3, 0.4) is 0 Å². The Kier molecular flexibility index (Phi) is 5.23. The lowest BCUT2D eigenvalue weighted by atomic mass is 10.1. The number of pyridine rings is 1. The molecule has 5 rings (SSSR count). The lowest BCUT2D eigenvalue weighted by Crippen LogP contribution is -2.45. The molecule has 2 aliphatic rings. The average Bonchev–Trinajstić information content (AvgIpc) is 3.26. The van der Waals surface area contributed by atoms with E-state index < -0.39 is 0 Å². The average molecular weight is 406 g/mol. The number of nitrogens with zero attached hydrogens (tertiary/aromatic N) is 4. The molecule has 2 fully saturated rings. The minimum atomic E-state index is 0.00521. The van der Waals surface area contributed by atoms with Gasteiger partial charge in [-0.05, 0) is 32.0 Å². The van der Waals surface area contributed by atoms with Crippen LogP contribution in [-0.4, -0.2) is 59.6 Å². The van der Waals surface area contributed by atoms with Crippen molar-refractivity contribution in [3.05, 3.63) is 42.7 Å². The first-order chi connectivity index (χ1) is 14.7. The van der Waals surface area contributed by atoms with E-state index in [0.717, 1.165) is 36.3 Å². The zero-order valence-corrected chi connectivity index (χ0v) is 17.3. The number of aromatic nitrogens is 3. The molecule has 2 aliphatic heterocycles. The van der Waals surface area contributed by atoms with Crippen molar-refractivity contribution in [3.8, 4) is 17.1 Å². The largest absolute Gasteiger partial charge is 0.470 e. The molecule has 2 aromatic heterocycles. The molecule has 7 nitrogen and oxygen atoms in total. The van der Waals surface area contributed by atoms with Gasteiger partial charge in [0.15, 0.2) is 5.52 Å². The van der Waals surface area contributed by atoms with Crippen LogP contribution < -0.4 is 9.64 Å². The van der Waals surface area contributed by atoms with E-state index in [1.165, 1.54) is 5.69 Å². The Morgan fingerprint density at radius 3 is 2.53 bits per heavy atom. The molecule has 0 amide bonds. The molecule has 0 saturated carbocycles. The summed E-state index contributed by atoms with van der Waals surface area (Å²) < 4.78 is 17.4. The summed E-state index contributed by atoms with van der Waals surface area (Å²) >= 11 is 0. The molecule has 30 heavy (non-hydrogen) atoms. The number of morpholine rings is 1. The van der Waals surface area contributed by atoms with E-state index in [9.17, 15) is 0 Å². The Morgan fingerprint density at radius 1 is 1.03 bits per heavy atom. The van der Waals surface area contributed by atoms with Gasteiger partial charge in [-0.2, -0.15) is 0 Å². The van der Waals surface area contributed by atoms with Crippen LogP contribution in [-0.2, 0) is 9.47 Å². The molecule has 0 N–H and O–H groups in total. The molecule has 0 unspecified atom stereocenters. The van der Waals surface area contributed by atoms with Crippen LogP contribution in [0.15, 0.2) is 42.7 Å². The molecule has 3 aromatic rings. The quantitative estimate of drug-likeness (QED) is 0.657. The first-order valence-electron chi connectivity index (χ1n) is 10.5. The van der Waals surface area contributed by atoms with Crippen molar-refractivity contribution in [1.82, 2.24) is 15.0 Å². The van der Waals surface area contributed by atoms with E-state index in [1.54, 1.807) is 12.4 Å². The van der Waals surface area contributed by atoms with Crippen LogP contribution in [0.4, 0.5) is 5.69 Å². The maximum absolute atomic E-state index is 6.13. The van der Waals surface area contributed by atoms with Crippen LogP contribution in [0.2, 0.25) is 0 Å². The molecule has 1 aromatic carbocycles. The minimum absolute atomic E-state index is 0.00521. The predicted molar refractivity (Wildman–Crippen MR) is 115 cm³/mol. The van der Waals surface area contributed by atoms with Gasteiger partial charge in [0.1, 0.15) is 6.10 Å². The third-order valence-corrected chi connectivity index (χ3v) is 5.54. The van der Waals surface area contributed by atoms with Crippen molar-refractivity contribution in [2.75, 3.05) is 31.2 Å². The van der Waals surface area contributed by atoms with Gasteiger partial charge in [-0.3, -0.25) is 4.98 Å². The minimum Gasteiger partial charge on any atom is -0.470 e. The standard InChI is InChI=1S/C23H26N4O3/c1-15-12-27(13-16(2)29-15)18-5-3-17(4-6-18)20-11-21-22(25-9-8-24-21)23(26-20)30-19-7-10-28-14-19/h3-6,8-9,11,15-16,19H,7,10,12-14H2,1-2H3/t15-,16+,19-/m1/s1. The number of benzene rings is 1. The Balaban J connectivity index is 1.45. The van der Waals surface area contributed by atoms with E-state index in [0.29, 0.717) is 24.6 Å². The topological polar surface area (TPSA) is 69.6 Å². The third-order valence-electron chi connectivity index (χ3n) is 5.54. The zero-order chi connectivity index (χ0) is 20.5. The fraction of sp³-hybridized carbons (Fsp3) is 0.435. The molecule has 156 valence electrons. The van der Waals surface area contributed by atoms with Gasteiger partial charge < -0.3 is 19.1 Å². The van der Waals surface area contributed by atoms with E-state index in [4.69, 9.17) is 19.2 Å². The van der Waals surface area contributed by atoms with Gasteiger partial charge in [-0.15, -0.1) is 0 Å². The summed E-state index contributed by atoms with van der Waals surface area (Å²) in [6.45, 7) is 7.33. The van der Waals surface area contributed by atoms with Crippen molar-refractivity contribution in [2.24, 2.45) is 0 Å². The summed E-state index contributed by atoms with van der Waals surface area (Å²) in [5, 5.41) is 0. The van der Waals surface area contributed by atoms with E-state index >= 15 is 0 Å². The summed E-state index contributed by atoms with van der Waals surface area (Å²) in [5.41, 5.74) is 4.50. The highest BCUT2D eigenvalue weighted by molar-refractivity contribution is 5.83. The summed E-state index contributed by atoms with van der Waals surface area (Å²) in [6, 6.07) is 10.5. The zero-order valence-electron chi connectivity index (χ0n) is 17.3. The normalized spacial score (nSPS) is 24.3. The SMILES string of the molecule is C[C@@H]1CN(c2ccc(-c3cc4nccnc4c(O[C@@H]4CCOC4)n3)cc2)C[C@H](C)O1. The van der Waals surface area contributed by atoms with Crippen LogP contribution in [0, 0.1) is 0 Å². The number of ether oxygens (including phenoxy) is 3.